The van der Waals surface area contributed by atoms with Crippen molar-refractivity contribution < 1.29 is 13.2 Å². The summed E-state index contributed by atoms with van der Waals surface area (Å²) in [5.74, 6) is 0.558. The molecule has 8 heteroatoms. The van der Waals surface area contributed by atoms with Crippen molar-refractivity contribution in [2.24, 2.45) is 4.99 Å². The summed E-state index contributed by atoms with van der Waals surface area (Å²) in [4.78, 5) is 17.7. The fourth-order valence-electron chi connectivity index (χ4n) is 2.70. The van der Waals surface area contributed by atoms with Gasteiger partial charge in [-0.05, 0) is 31.2 Å². The molecule has 1 aromatic carbocycles. The molecule has 2 aliphatic heterocycles. The molecule has 0 unspecified atom stereocenters. The molecule has 22 heavy (non-hydrogen) atoms. The number of hydrogen-bond acceptors (Lipinski definition) is 6. The molecule has 0 bridgehead atoms. The van der Waals surface area contributed by atoms with E-state index in [1.165, 1.54) is 18.7 Å². The number of fused-ring (bicyclic) bond motifs is 1. The van der Waals surface area contributed by atoms with Gasteiger partial charge in [0.05, 0.1) is 29.3 Å². The first-order valence-corrected chi connectivity index (χ1v) is 9.99. The summed E-state index contributed by atoms with van der Waals surface area (Å²) in [6.07, 6.45) is 0. The van der Waals surface area contributed by atoms with Crippen LogP contribution in [0.3, 0.4) is 0 Å². The maximum atomic E-state index is 11.9. The third-order valence-electron chi connectivity index (χ3n) is 3.62. The second kappa shape index (κ2) is 5.86. The molecule has 1 saturated heterocycles. The van der Waals surface area contributed by atoms with Crippen molar-refractivity contribution in [1.29, 1.82) is 0 Å². The van der Waals surface area contributed by atoms with Crippen LogP contribution in [0.5, 0.6) is 0 Å². The Morgan fingerprint density at radius 1 is 1.36 bits per heavy atom. The first-order chi connectivity index (χ1) is 10.4. The minimum atomic E-state index is -3.06. The van der Waals surface area contributed by atoms with Crippen molar-refractivity contribution in [1.82, 2.24) is 0 Å². The Labute approximate surface area is 138 Å². The van der Waals surface area contributed by atoms with Crippen LogP contribution in [0.25, 0.3) is 0 Å². The van der Waals surface area contributed by atoms with Crippen molar-refractivity contribution in [3.8, 4) is 0 Å². The van der Waals surface area contributed by atoms with Gasteiger partial charge in [0, 0.05) is 10.7 Å². The summed E-state index contributed by atoms with van der Waals surface area (Å²) in [7, 11) is -3.06. The Morgan fingerprint density at radius 2 is 2.05 bits per heavy atom. The highest BCUT2D eigenvalue weighted by Crippen LogP contribution is 2.35. The Bertz CT molecular complexity index is 731. The molecule has 1 fully saturated rings. The Balaban J connectivity index is 1.93. The van der Waals surface area contributed by atoms with Crippen LogP contribution < -0.4 is 4.90 Å². The van der Waals surface area contributed by atoms with E-state index in [4.69, 9.17) is 11.6 Å². The second-order valence-corrected chi connectivity index (χ2v) is 8.99. The van der Waals surface area contributed by atoms with Gasteiger partial charge < -0.3 is 4.90 Å². The smallest absolute Gasteiger partial charge is 0.164 e. The molecule has 0 spiro atoms. The molecule has 0 aliphatic carbocycles. The zero-order valence-electron chi connectivity index (χ0n) is 11.9. The zero-order chi connectivity index (χ0) is 15.9. The second-order valence-electron chi connectivity index (χ2n) is 5.46. The van der Waals surface area contributed by atoms with Crippen molar-refractivity contribution >= 4 is 49.8 Å². The number of aliphatic imine (C=N–C) groups is 1. The summed E-state index contributed by atoms with van der Waals surface area (Å²) < 4.78 is 23.7. The summed E-state index contributed by atoms with van der Waals surface area (Å²) >= 11 is 7.27. The van der Waals surface area contributed by atoms with Gasteiger partial charge in [-0.3, -0.25) is 9.79 Å². The standard InChI is InChI=1S/C14H15ClN2O3S2/c1-9(18)6-21-14-16-12-7-22(19,20)8-13(12)17(14)11-4-2-10(15)3-5-11/h2-5,12-13H,6-8H2,1H3/t12-,13+/m1/s1. The number of ketones is 1. The van der Waals surface area contributed by atoms with Crippen molar-refractivity contribution in [3.05, 3.63) is 29.3 Å². The van der Waals surface area contributed by atoms with Gasteiger partial charge in [-0.25, -0.2) is 8.42 Å². The average Bonchev–Trinajstić information content (AvgIpc) is 2.89. The summed E-state index contributed by atoms with van der Waals surface area (Å²) in [5.41, 5.74) is 0.851. The average molecular weight is 359 g/mol. The van der Waals surface area contributed by atoms with Crippen LogP contribution in [0.2, 0.25) is 5.02 Å². The molecule has 0 radical (unpaired) electrons. The highest BCUT2D eigenvalue weighted by molar-refractivity contribution is 8.14. The monoisotopic (exact) mass is 358 g/mol. The fraction of sp³-hybridized carbons (Fsp3) is 0.429. The van der Waals surface area contributed by atoms with Crippen LogP contribution in [0.4, 0.5) is 5.69 Å². The number of carbonyl (C=O) groups is 1. The first kappa shape index (κ1) is 15.8. The first-order valence-electron chi connectivity index (χ1n) is 6.81. The van der Waals surface area contributed by atoms with Gasteiger partial charge in [0.2, 0.25) is 0 Å². The van der Waals surface area contributed by atoms with Gasteiger partial charge in [0.25, 0.3) is 0 Å². The van der Waals surface area contributed by atoms with Crippen LogP contribution in [0.15, 0.2) is 29.3 Å². The molecule has 0 N–H and O–H groups in total. The maximum absolute atomic E-state index is 11.9. The van der Waals surface area contributed by atoms with Crippen molar-refractivity contribution in [2.75, 3.05) is 22.2 Å². The number of anilines is 1. The van der Waals surface area contributed by atoms with E-state index >= 15 is 0 Å². The van der Waals surface area contributed by atoms with Crippen LogP contribution >= 0.6 is 23.4 Å². The number of thioether (sulfide) groups is 1. The molecular weight excluding hydrogens is 344 g/mol. The van der Waals surface area contributed by atoms with E-state index in [0.29, 0.717) is 15.9 Å². The quantitative estimate of drug-likeness (QED) is 0.826. The summed E-state index contributed by atoms with van der Waals surface area (Å²) in [5, 5.41) is 1.33. The lowest BCUT2D eigenvalue weighted by Crippen LogP contribution is -2.39. The molecule has 0 amide bonds. The van der Waals surface area contributed by atoms with Crippen LogP contribution in [-0.2, 0) is 14.6 Å². The van der Waals surface area contributed by atoms with Gasteiger partial charge in [0.15, 0.2) is 15.0 Å². The van der Waals surface area contributed by atoms with Crippen molar-refractivity contribution in [3.63, 3.8) is 0 Å². The molecule has 0 saturated carbocycles. The number of nitrogens with zero attached hydrogens (tertiary/aromatic N) is 2. The van der Waals surface area contributed by atoms with E-state index in [-0.39, 0.29) is 29.4 Å². The minimum Gasteiger partial charge on any atom is -0.315 e. The molecule has 3 rings (SSSR count). The number of sulfone groups is 1. The third-order valence-corrected chi connectivity index (χ3v) is 6.68. The minimum absolute atomic E-state index is 0.0634. The SMILES string of the molecule is CC(=O)CSC1=N[C@@H]2CS(=O)(=O)C[C@@H]2N1c1ccc(Cl)cc1. The van der Waals surface area contributed by atoms with Gasteiger partial charge in [-0.1, -0.05) is 23.4 Å². The van der Waals surface area contributed by atoms with E-state index < -0.39 is 9.84 Å². The molecule has 1 aromatic rings. The Kier molecular flexibility index (Phi) is 4.22. The molecule has 118 valence electrons. The maximum Gasteiger partial charge on any atom is 0.164 e. The lowest BCUT2D eigenvalue weighted by atomic mass is 10.1. The summed E-state index contributed by atoms with van der Waals surface area (Å²) in [6.45, 7) is 1.53. The Morgan fingerprint density at radius 3 is 2.68 bits per heavy atom. The number of rotatable bonds is 3. The lowest BCUT2D eigenvalue weighted by molar-refractivity contribution is -0.114. The molecular formula is C14H15ClN2O3S2. The zero-order valence-corrected chi connectivity index (χ0v) is 14.3. The van der Waals surface area contributed by atoms with Crippen molar-refractivity contribution in [2.45, 2.75) is 19.0 Å². The van der Waals surface area contributed by atoms with Gasteiger partial charge in [0.1, 0.15) is 5.78 Å². The Hall–Kier alpha value is -1.05. The number of benzene rings is 1. The van der Waals surface area contributed by atoms with Gasteiger partial charge >= 0.3 is 0 Å². The molecule has 5 nitrogen and oxygen atoms in total. The summed E-state index contributed by atoms with van der Waals surface area (Å²) in [6, 6.07) is 6.77. The number of carbonyl (C=O) groups excluding carboxylic acids is 1. The van der Waals surface area contributed by atoms with Crippen LogP contribution in [-0.4, -0.2) is 48.7 Å². The molecule has 2 aliphatic rings. The predicted octanol–water partition coefficient (Wildman–Crippen LogP) is 2.00. The number of hydrogen-bond donors (Lipinski definition) is 0. The third kappa shape index (κ3) is 3.16. The van der Waals surface area contributed by atoms with E-state index in [1.807, 2.05) is 17.0 Å². The predicted molar refractivity (Wildman–Crippen MR) is 90.7 cm³/mol. The molecule has 0 aromatic heterocycles. The number of amidine groups is 1. The lowest BCUT2D eigenvalue weighted by Gasteiger charge is -2.26. The largest absolute Gasteiger partial charge is 0.315 e. The van der Waals surface area contributed by atoms with Crippen LogP contribution in [0.1, 0.15) is 6.92 Å². The highest BCUT2D eigenvalue weighted by atomic mass is 35.5. The van der Waals surface area contributed by atoms with Gasteiger partial charge in [-0.15, -0.1) is 0 Å². The normalized spacial score (nSPS) is 25.9. The van der Waals surface area contributed by atoms with E-state index in [2.05, 4.69) is 4.99 Å². The van der Waals surface area contributed by atoms with Crippen LogP contribution in [0, 0.1) is 0 Å². The number of halogens is 1. The fourth-order valence-corrected chi connectivity index (χ4v) is 5.60. The van der Waals surface area contributed by atoms with E-state index in [9.17, 15) is 13.2 Å². The number of Topliss-reactive ketones (excluding diaryl/α,β-unsaturated/α-hetero) is 1. The van der Waals surface area contributed by atoms with Gasteiger partial charge in [-0.2, -0.15) is 0 Å². The van der Waals surface area contributed by atoms with E-state index in [0.717, 1.165) is 5.69 Å². The topological polar surface area (TPSA) is 66.8 Å². The highest BCUT2D eigenvalue weighted by Gasteiger charge is 2.47. The molecule has 2 atom stereocenters. The van der Waals surface area contributed by atoms with E-state index in [1.54, 1.807) is 12.1 Å². The molecule has 2 heterocycles.